The Morgan fingerprint density at radius 2 is 1.87 bits per heavy atom. The van der Waals surface area contributed by atoms with E-state index in [1.165, 1.54) is 14.0 Å². The van der Waals surface area contributed by atoms with Gasteiger partial charge in [0.1, 0.15) is 9.84 Å². The molecule has 0 aromatic carbocycles. The number of esters is 1. The number of carbonyl (C=O) groups is 1. The zero-order chi connectivity index (χ0) is 11.7. The highest BCUT2D eigenvalue weighted by Crippen LogP contribution is 2.37. The summed E-state index contributed by atoms with van der Waals surface area (Å²) in [5, 5.41) is 9.60. The molecule has 0 aliphatic carbocycles. The van der Waals surface area contributed by atoms with Crippen LogP contribution in [0.1, 0.15) is 19.8 Å². The lowest BCUT2D eigenvalue weighted by molar-refractivity contribution is -0.160. The number of carbonyl (C=O) groups excluding carboxylic acids is 1. The number of rotatable bonds is 2. The maximum atomic E-state index is 11.6. The molecule has 0 bridgehead atoms. The molecule has 1 fully saturated rings. The van der Waals surface area contributed by atoms with Crippen molar-refractivity contribution in [3.63, 3.8) is 0 Å². The van der Waals surface area contributed by atoms with Gasteiger partial charge < -0.3 is 9.84 Å². The molecular formula is C9H16O5S. The summed E-state index contributed by atoms with van der Waals surface area (Å²) in [5.41, 5.74) is -1.04. The van der Waals surface area contributed by atoms with E-state index in [0.717, 1.165) is 0 Å². The normalized spacial score (nSPS) is 25.5. The van der Waals surface area contributed by atoms with Gasteiger partial charge in [-0.3, -0.25) is 4.79 Å². The third-order valence-corrected chi connectivity index (χ3v) is 4.76. The number of aliphatic hydroxyl groups is 1. The summed E-state index contributed by atoms with van der Waals surface area (Å²) in [6.07, 6.45) is -0.611. The number of ether oxygens (including phenoxy) is 1. The third-order valence-electron chi connectivity index (χ3n) is 3.11. The van der Waals surface area contributed by atoms with Crippen LogP contribution in [0.3, 0.4) is 0 Å². The molecule has 1 atom stereocenters. The quantitative estimate of drug-likeness (QED) is 0.668. The summed E-state index contributed by atoms with van der Waals surface area (Å²) in [6.45, 7) is 1.49. The molecule has 0 saturated carbocycles. The number of hydrogen-bond acceptors (Lipinski definition) is 5. The van der Waals surface area contributed by atoms with Crippen LogP contribution in [0.5, 0.6) is 0 Å². The van der Waals surface area contributed by atoms with Crippen LogP contribution in [0.25, 0.3) is 0 Å². The SMILES string of the molecule is COC(=O)C1(C(C)O)CCS(=O)(=O)CC1. The minimum atomic E-state index is -3.05. The van der Waals surface area contributed by atoms with E-state index >= 15 is 0 Å². The molecule has 0 aromatic rings. The third kappa shape index (κ3) is 2.31. The van der Waals surface area contributed by atoms with Crippen molar-refractivity contribution in [3.05, 3.63) is 0 Å². The Kier molecular flexibility index (Phi) is 3.40. The zero-order valence-corrected chi connectivity index (χ0v) is 9.71. The summed E-state index contributed by atoms with van der Waals surface area (Å²) in [5.74, 6) is -0.646. The first-order valence-corrected chi connectivity index (χ1v) is 6.63. The summed E-state index contributed by atoms with van der Waals surface area (Å²) >= 11 is 0. The molecule has 15 heavy (non-hydrogen) atoms. The summed E-state index contributed by atoms with van der Waals surface area (Å²) < 4.78 is 27.1. The van der Waals surface area contributed by atoms with Crippen LogP contribution in [-0.4, -0.2) is 44.2 Å². The molecule has 1 aliphatic heterocycles. The van der Waals surface area contributed by atoms with E-state index in [2.05, 4.69) is 4.74 Å². The lowest BCUT2D eigenvalue weighted by atomic mass is 9.77. The first kappa shape index (κ1) is 12.4. The van der Waals surface area contributed by atoms with Gasteiger partial charge in [-0.2, -0.15) is 0 Å². The van der Waals surface area contributed by atoms with Gasteiger partial charge in [0, 0.05) is 0 Å². The molecular weight excluding hydrogens is 220 g/mol. The smallest absolute Gasteiger partial charge is 0.314 e. The maximum absolute atomic E-state index is 11.6. The highest BCUT2D eigenvalue weighted by Gasteiger charge is 2.48. The van der Waals surface area contributed by atoms with Crippen LogP contribution in [0.4, 0.5) is 0 Å². The molecule has 1 unspecified atom stereocenters. The lowest BCUT2D eigenvalue weighted by Crippen LogP contribution is -2.47. The molecule has 5 nitrogen and oxygen atoms in total. The molecule has 0 spiro atoms. The maximum Gasteiger partial charge on any atom is 0.314 e. The summed E-state index contributed by atoms with van der Waals surface area (Å²) in [6, 6.07) is 0. The monoisotopic (exact) mass is 236 g/mol. The molecule has 1 saturated heterocycles. The molecule has 1 N–H and O–H groups in total. The van der Waals surface area contributed by atoms with Gasteiger partial charge in [0.05, 0.1) is 30.1 Å². The molecule has 1 aliphatic rings. The fourth-order valence-corrected chi connectivity index (χ4v) is 3.45. The van der Waals surface area contributed by atoms with E-state index < -0.39 is 27.3 Å². The van der Waals surface area contributed by atoms with E-state index in [4.69, 9.17) is 0 Å². The number of hydrogen-bond donors (Lipinski definition) is 1. The molecule has 0 aromatic heterocycles. The molecule has 1 rings (SSSR count). The number of sulfone groups is 1. The largest absolute Gasteiger partial charge is 0.469 e. The van der Waals surface area contributed by atoms with Crippen molar-refractivity contribution in [2.75, 3.05) is 18.6 Å². The van der Waals surface area contributed by atoms with E-state index in [1.807, 2.05) is 0 Å². The average Bonchev–Trinajstić information content (AvgIpc) is 2.17. The first-order valence-electron chi connectivity index (χ1n) is 4.81. The van der Waals surface area contributed by atoms with E-state index in [9.17, 15) is 18.3 Å². The van der Waals surface area contributed by atoms with Gasteiger partial charge in [0.15, 0.2) is 0 Å². The molecule has 6 heteroatoms. The minimum absolute atomic E-state index is 0.0625. The Bertz CT molecular complexity index is 330. The predicted molar refractivity (Wildman–Crippen MR) is 54.0 cm³/mol. The van der Waals surface area contributed by atoms with Crippen molar-refractivity contribution in [2.24, 2.45) is 5.41 Å². The highest BCUT2D eigenvalue weighted by molar-refractivity contribution is 7.91. The average molecular weight is 236 g/mol. The molecule has 0 amide bonds. The predicted octanol–water partition coefficient (Wildman–Crippen LogP) is -0.265. The highest BCUT2D eigenvalue weighted by atomic mass is 32.2. The fourth-order valence-electron chi connectivity index (χ4n) is 1.90. The van der Waals surface area contributed by atoms with E-state index in [1.54, 1.807) is 0 Å². The summed E-state index contributed by atoms with van der Waals surface area (Å²) in [7, 11) is -1.80. The van der Waals surface area contributed by atoms with Crippen molar-refractivity contribution in [1.29, 1.82) is 0 Å². The molecule has 1 heterocycles. The first-order chi connectivity index (χ1) is 6.84. The van der Waals surface area contributed by atoms with Crippen LogP contribution in [-0.2, 0) is 19.4 Å². The van der Waals surface area contributed by atoms with Crippen molar-refractivity contribution >= 4 is 15.8 Å². The van der Waals surface area contributed by atoms with Gasteiger partial charge in [0.25, 0.3) is 0 Å². The fraction of sp³-hybridized carbons (Fsp3) is 0.889. The van der Waals surface area contributed by atoms with Crippen LogP contribution >= 0.6 is 0 Å². The van der Waals surface area contributed by atoms with Gasteiger partial charge in [-0.15, -0.1) is 0 Å². The van der Waals surface area contributed by atoms with Crippen LogP contribution in [0.2, 0.25) is 0 Å². The Morgan fingerprint density at radius 1 is 1.40 bits per heavy atom. The molecule has 0 radical (unpaired) electrons. The Hall–Kier alpha value is -0.620. The lowest BCUT2D eigenvalue weighted by Gasteiger charge is -2.36. The van der Waals surface area contributed by atoms with Crippen LogP contribution in [0.15, 0.2) is 0 Å². The number of methoxy groups -OCH3 is 1. The Morgan fingerprint density at radius 3 is 2.20 bits per heavy atom. The van der Waals surface area contributed by atoms with Crippen LogP contribution in [0, 0.1) is 5.41 Å². The van der Waals surface area contributed by atoms with Crippen molar-refractivity contribution in [1.82, 2.24) is 0 Å². The Labute approximate surface area is 89.3 Å². The van der Waals surface area contributed by atoms with Gasteiger partial charge in [-0.1, -0.05) is 0 Å². The minimum Gasteiger partial charge on any atom is -0.469 e. The Balaban J connectivity index is 2.92. The summed E-state index contributed by atoms with van der Waals surface area (Å²) in [4.78, 5) is 11.6. The standard InChI is InChI=1S/C9H16O5S/c1-7(10)9(8(11)14-2)3-5-15(12,13)6-4-9/h7,10H,3-6H2,1-2H3. The molecule has 88 valence electrons. The zero-order valence-electron chi connectivity index (χ0n) is 8.89. The number of aliphatic hydroxyl groups excluding tert-OH is 1. The van der Waals surface area contributed by atoms with Crippen molar-refractivity contribution in [3.8, 4) is 0 Å². The van der Waals surface area contributed by atoms with Gasteiger partial charge >= 0.3 is 5.97 Å². The van der Waals surface area contributed by atoms with Gasteiger partial charge in [-0.05, 0) is 19.8 Å². The van der Waals surface area contributed by atoms with Crippen molar-refractivity contribution < 1.29 is 23.1 Å². The second-order valence-corrected chi connectivity index (χ2v) is 6.28. The topological polar surface area (TPSA) is 80.7 Å². The van der Waals surface area contributed by atoms with E-state index in [0.29, 0.717) is 0 Å². The van der Waals surface area contributed by atoms with Gasteiger partial charge in [0.2, 0.25) is 0 Å². The van der Waals surface area contributed by atoms with Gasteiger partial charge in [-0.25, -0.2) is 8.42 Å². The second-order valence-electron chi connectivity index (χ2n) is 3.98. The van der Waals surface area contributed by atoms with Crippen LogP contribution < -0.4 is 0 Å². The van der Waals surface area contributed by atoms with E-state index in [-0.39, 0.29) is 24.3 Å². The second kappa shape index (κ2) is 4.09. The van der Waals surface area contributed by atoms with Crippen molar-refractivity contribution in [2.45, 2.75) is 25.9 Å².